The maximum absolute atomic E-state index is 12.5. The molecule has 5 nitrogen and oxygen atoms in total. The Bertz CT molecular complexity index is 990. The van der Waals surface area contributed by atoms with E-state index in [-0.39, 0.29) is 23.9 Å². The normalized spacial score (nSPS) is 12.3. The van der Waals surface area contributed by atoms with Crippen LogP contribution in [-0.2, 0) is 11.3 Å². The highest BCUT2D eigenvalue weighted by atomic mass is 16.2. The smallest absolute Gasteiger partial charge is 0.261 e. The summed E-state index contributed by atoms with van der Waals surface area (Å²) in [6.07, 6.45) is 1.74. The van der Waals surface area contributed by atoms with E-state index in [0.717, 1.165) is 5.56 Å². The van der Waals surface area contributed by atoms with E-state index in [2.05, 4.69) is 48.4 Å². The zero-order valence-corrected chi connectivity index (χ0v) is 16.0. The molecule has 1 atom stereocenters. The second-order valence-corrected chi connectivity index (χ2v) is 7.12. The number of nitrogens with one attached hydrogen (secondary N) is 1. The summed E-state index contributed by atoms with van der Waals surface area (Å²) in [7, 11) is 0. The molecule has 0 saturated heterocycles. The summed E-state index contributed by atoms with van der Waals surface area (Å²) in [6.45, 7) is 6.58. The monoisotopic (exact) mass is 363 g/mol. The fraction of sp³-hybridized carbons (Fsp3) is 0.318. The summed E-state index contributed by atoms with van der Waals surface area (Å²) in [4.78, 5) is 29.0. The molecule has 0 bridgehead atoms. The number of para-hydroxylation sites is 1. The number of amides is 1. The second-order valence-electron chi connectivity index (χ2n) is 7.12. The lowest BCUT2D eigenvalue weighted by atomic mass is 9.99. The van der Waals surface area contributed by atoms with E-state index in [0.29, 0.717) is 23.4 Å². The van der Waals surface area contributed by atoms with Gasteiger partial charge in [-0.15, -0.1) is 0 Å². The van der Waals surface area contributed by atoms with Crippen molar-refractivity contribution in [3.05, 3.63) is 76.3 Å². The van der Waals surface area contributed by atoms with Crippen LogP contribution in [-0.4, -0.2) is 15.5 Å². The third-order valence-electron chi connectivity index (χ3n) is 4.79. The molecule has 5 heteroatoms. The molecule has 140 valence electrons. The highest BCUT2D eigenvalue weighted by molar-refractivity contribution is 5.77. The van der Waals surface area contributed by atoms with Crippen LogP contribution in [0.5, 0.6) is 0 Å². The minimum Gasteiger partial charge on any atom is -0.350 e. The number of benzene rings is 2. The lowest BCUT2D eigenvalue weighted by Gasteiger charge is -2.16. The van der Waals surface area contributed by atoms with Crippen molar-refractivity contribution >= 4 is 16.8 Å². The molecule has 0 radical (unpaired) electrons. The topological polar surface area (TPSA) is 64.0 Å². The second kappa shape index (κ2) is 8.16. The lowest BCUT2D eigenvalue weighted by molar-refractivity contribution is -0.121. The molecule has 3 aromatic rings. The van der Waals surface area contributed by atoms with E-state index >= 15 is 0 Å². The first kappa shape index (κ1) is 18.8. The fourth-order valence-corrected chi connectivity index (χ4v) is 3.05. The van der Waals surface area contributed by atoms with E-state index in [1.807, 2.05) is 19.1 Å². The number of rotatable bonds is 6. The van der Waals surface area contributed by atoms with Crippen molar-refractivity contribution in [3.8, 4) is 0 Å². The van der Waals surface area contributed by atoms with E-state index in [4.69, 9.17) is 0 Å². The van der Waals surface area contributed by atoms with Gasteiger partial charge in [0.15, 0.2) is 0 Å². The first-order valence-corrected chi connectivity index (χ1v) is 9.29. The van der Waals surface area contributed by atoms with Gasteiger partial charge in [-0.1, -0.05) is 50.2 Å². The molecule has 0 fully saturated rings. The minimum atomic E-state index is -0.120. The molecule has 2 aromatic carbocycles. The Balaban J connectivity index is 1.61. The van der Waals surface area contributed by atoms with Gasteiger partial charge in [0.2, 0.25) is 5.91 Å². The highest BCUT2D eigenvalue weighted by Crippen LogP contribution is 2.18. The van der Waals surface area contributed by atoms with Gasteiger partial charge in [-0.3, -0.25) is 14.2 Å². The number of aromatic nitrogens is 2. The predicted molar refractivity (Wildman–Crippen MR) is 108 cm³/mol. The summed E-state index contributed by atoms with van der Waals surface area (Å²) >= 11 is 0. The number of carbonyl (C=O) groups is 1. The molecule has 1 heterocycles. The third kappa shape index (κ3) is 4.42. The van der Waals surface area contributed by atoms with E-state index in [9.17, 15) is 9.59 Å². The van der Waals surface area contributed by atoms with Crippen molar-refractivity contribution in [2.45, 2.75) is 45.7 Å². The SMILES string of the molecule is CC(C)c1ccc([C@H](C)NC(=O)CCn2cnc3ccccc3c2=O)cc1. The number of nitrogens with zero attached hydrogens (tertiary/aromatic N) is 2. The summed E-state index contributed by atoms with van der Waals surface area (Å²) in [5.74, 6) is 0.397. The largest absolute Gasteiger partial charge is 0.350 e. The number of fused-ring (bicyclic) bond motifs is 1. The molecule has 1 amide bonds. The van der Waals surface area contributed by atoms with Crippen LogP contribution in [0.3, 0.4) is 0 Å². The molecule has 27 heavy (non-hydrogen) atoms. The molecule has 0 aliphatic heterocycles. The lowest BCUT2D eigenvalue weighted by Crippen LogP contribution is -2.29. The van der Waals surface area contributed by atoms with Crippen LogP contribution in [0.15, 0.2) is 59.7 Å². The number of hydrogen-bond acceptors (Lipinski definition) is 3. The molecule has 0 spiro atoms. The Labute approximate surface area is 159 Å². The van der Waals surface area contributed by atoms with Gasteiger partial charge in [0.1, 0.15) is 0 Å². The quantitative estimate of drug-likeness (QED) is 0.725. The Morgan fingerprint density at radius 3 is 2.41 bits per heavy atom. The van der Waals surface area contributed by atoms with Gasteiger partial charge in [0.05, 0.1) is 23.3 Å². The summed E-state index contributed by atoms with van der Waals surface area (Å²) in [5.41, 5.74) is 2.89. The molecule has 1 aromatic heterocycles. The van der Waals surface area contributed by atoms with Crippen LogP contribution in [0, 0.1) is 0 Å². The Hall–Kier alpha value is -2.95. The molecule has 0 saturated carbocycles. The van der Waals surface area contributed by atoms with Crippen LogP contribution < -0.4 is 10.9 Å². The van der Waals surface area contributed by atoms with Crippen LogP contribution >= 0.6 is 0 Å². The first-order chi connectivity index (χ1) is 13.0. The van der Waals surface area contributed by atoms with Crippen LogP contribution in [0.25, 0.3) is 10.9 Å². The Kier molecular flexibility index (Phi) is 5.69. The van der Waals surface area contributed by atoms with Gasteiger partial charge in [0.25, 0.3) is 5.56 Å². The number of hydrogen-bond donors (Lipinski definition) is 1. The van der Waals surface area contributed by atoms with Gasteiger partial charge in [0, 0.05) is 13.0 Å². The van der Waals surface area contributed by atoms with Gasteiger partial charge in [-0.05, 0) is 36.1 Å². The number of carbonyl (C=O) groups excluding carboxylic acids is 1. The zero-order chi connectivity index (χ0) is 19.4. The number of aryl methyl sites for hydroxylation is 1. The van der Waals surface area contributed by atoms with Crippen LogP contribution in [0.1, 0.15) is 50.3 Å². The van der Waals surface area contributed by atoms with E-state index in [1.54, 1.807) is 12.1 Å². The molecule has 0 aliphatic carbocycles. The van der Waals surface area contributed by atoms with Crippen LogP contribution in [0.2, 0.25) is 0 Å². The Morgan fingerprint density at radius 1 is 1.04 bits per heavy atom. The van der Waals surface area contributed by atoms with Crippen molar-refractivity contribution < 1.29 is 4.79 Å². The average Bonchev–Trinajstić information content (AvgIpc) is 2.67. The zero-order valence-electron chi connectivity index (χ0n) is 16.0. The molecule has 0 aliphatic rings. The summed E-state index contributed by atoms with van der Waals surface area (Å²) in [6, 6.07) is 15.5. The van der Waals surface area contributed by atoms with Crippen molar-refractivity contribution in [2.24, 2.45) is 0 Å². The van der Waals surface area contributed by atoms with Gasteiger partial charge in [-0.25, -0.2) is 4.98 Å². The molecule has 0 unspecified atom stereocenters. The summed E-state index contributed by atoms with van der Waals surface area (Å²) < 4.78 is 1.49. The van der Waals surface area contributed by atoms with Crippen molar-refractivity contribution in [3.63, 3.8) is 0 Å². The third-order valence-corrected chi connectivity index (χ3v) is 4.79. The Morgan fingerprint density at radius 2 is 1.70 bits per heavy atom. The maximum Gasteiger partial charge on any atom is 0.261 e. The molecular weight excluding hydrogens is 338 g/mol. The van der Waals surface area contributed by atoms with E-state index < -0.39 is 0 Å². The van der Waals surface area contributed by atoms with Gasteiger partial charge < -0.3 is 5.32 Å². The summed E-state index contributed by atoms with van der Waals surface area (Å²) in [5, 5.41) is 3.57. The minimum absolute atomic E-state index is 0.0786. The van der Waals surface area contributed by atoms with Crippen molar-refractivity contribution in [1.82, 2.24) is 14.9 Å². The fourth-order valence-electron chi connectivity index (χ4n) is 3.05. The highest BCUT2D eigenvalue weighted by Gasteiger charge is 2.11. The molecule has 3 rings (SSSR count). The predicted octanol–water partition coefficient (Wildman–Crippen LogP) is 3.79. The maximum atomic E-state index is 12.5. The van der Waals surface area contributed by atoms with Gasteiger partial charge in [-0.2, -0.15) is 0 Å². The van der Waals surface area contributed by atoms with Crippen LogP contribution in [0.4, 0.5) is 0 Å². The molecular formula is C22H25N3O2. The van der Waals surface area contributed by atoms with Crippen molar-refractivity contribution in [1.29, 1.82) is 0 Å². The van der Waals surface area contributed by atoms with Crippen molar-refractivity contribution in [2.75, 3.05) is 0 Å². The van der Waals surface area contributed by atoms with E-state index in [1.165, 1.54) is 16.5 Å². The van der Waals surface area contributed by atoms with Gasteiger partial charge >= 0.3 is 0 Å². The first-order valence-electron chi connectivity index (χ1n) is 9.29. The standard InChI is InChI=1S/C22H25N3O2/c1-15(2)17-8-10-18(11-9-17)16(3)24-21(26)12-13-25-14-23-20-7-5-4-6-19(20)22(25)27/h4-11,14-16H,12-13H2,1-3H3,(H,24,26)/t16-/m0/s1. The average molecular weight is 363 g/mol. The molecule has 1 N–H and O–H groups in total.